The van der Waals surface area contributed by atoms with Crippen molar-refractivity contribution >= 4 is 35.0 Å². The van der Waals surface area contributed by atoms with E-state index in [2.05, 4.69) is 9.99 Å². The molecule has 0 radical (unpaired) electrons. The first-order valence-corrected chi connectivity index (χ1v) is 5.26. The van der Waals surface area contributed by atoms with Gasteiger partial charge in [-0.15, -0.1) is 0 Å². The summed E-state index contributed by atoms with van der Waals surface area (Å²) in [5, 5.41) is 3.74. The number of oxime groups is 1. The van der Waals surface area contributed by atoms with E-state index >= 15 is 0 Å². The maximum absolute atomic E-state index is 11.7. The molecule has 17 heavy (non-hydrogen) atoms. The lowest BCUT2D eigenvalue weighted by molar-refractivity contribution is 0.0512. The number of nitrogens with zero attached hydrogens (tertiary/aromatic N) is 1. The lowest BCUT2D eigenvalue weighted by Gasteiger charge is -2.09. The van der Waals surface area contributed by atoms with Gasteiger partial charge in [-0.25, -0.2) is 4.79 Å². The molecular formula is C10H10Cl2N2O3. The van der Waals surface area contributed by atoms with E-state index in [-0.39, 0.29) is 27.2 Å². The quantitative estimate of drug-likeness (QED) is 0.398. The Kier molecular flexibility index (Phi) is 4.60. The summed E-state index contributed by atoms with van der Waals surface area (Å²) < 4.78 is 4.99. The summed E-state index contributed by atoms with van der Waals surface area (Å²) in [6, 6.07) is 2.97. The van der Waals surface area contributed by atoms with Crippen LogP contribution in [0.5, 0.6) is 5.75 Å². The van der Waals surface area contributed by atoms with Gasteiger partial charge in [0.25, 0.3) is 0 Å². The monoisotopic (exact) mass is 276 g/mol. The van der Waals surface area contributed by atoms with E-state index in [1.807, 2.05) is 0 Å². The number of amidine groups is 1. The first-order valence-electron chi connectivity index (χ1n) is 4.50. The summed E-state index contributed by atoms with van der Waals surface area (Å²) in [6.45, 7) is 1.48. The van der Waals surface area contributed by atoms with Crippen LogP contribution in [0.2, 0.25) is 10.0 Å². The third-order valence-electron chi connectivity index (χ3n) is 1.74. The largest absolute Gasteiger partial charge is 0.494 e. The van der Waals surface area contributed by atoms with Crippen LogP contribution < -0.4 is 10.5 Å². The van der Waals surface area contributed by atoms with Gasteiger partial charge in [-0.05, 0) is 19.1 Å². The zero-order valence-electron chi connectivity index (χ0n) is 9.16. The molecule has 0 atom stereocenters. The fourth-order valence-electron chi connectivity index (χ4n) is 1.08. The Morgan fingerprint density at radius 3 is 2.47 bits per heavy atom. The van der Waals surface area contributed by atoms with E-state index in [1.54, 1.807) is 0 Å². The van der Waals surface area contributed by atoms with E-state index in [0.717, 1.165) is 0 Å². The van der Waals surface area contributed by atoms with Gasteiger partial charge in [0.15, 0.2) is 5.75 Å². The van der Waals surface area contributed by atoms with Gasteiger partial charge in [-0.1, -0.05) is 28.4 Å². The molecule has 0 unspecified atom stereocenters. The molecule has 5 nitrogen and oxygen atoms in total. The van der Waals surface area contributed by atoms with E-state index in [0.29, 0.717) is 0 Å². The van der Waals surface area contributed by atoms with E-state index in [9.17, 15) is 4.79 Å². The molecule has 2 N–H and O–H groups in total. The predicted octanol–water partition coefficient (Wildman–Crippen LogP) is 2.45. The van der Waals surface area contributed by atoms with Crippen molar-refractivity contribution in [3.63, 3.8) is 0 Å². The highest BCUT2D eigenvalue weighted by atomic mass is 35.5. The lowest BCUT2D eigenvalue weighted by atomic mass is 10.2. The highest BCUT2D eigenvalue weighted by Crippen LogP contribution is 2.34. The van der Waals surface area contributed by atoms with Gasteiger partial charge >= 0.3 is 5.97 Å². The normalized spacial score (nSPS) is 11.2. The van der Waals surface area contributed by atoms with Gasteiger partial charge in [0.1, 0.15) is 11.4 Å². The number of halogens is 2. The number of carbonyl (C=O) groups excluding carboxylic acids is 1. The van der Waals surface area contributed by atoms with Crippen LogP contribution in [0, 0.1) is 0 Å². The molecule has 0 aromatic heterocycles. The SMILES string of the molecule is COc1c(Cl)ccc(Cl)c1C(=O)O/N=C(/C)N. The van der Waals surface area contributed by atoms with Crippen LogP contribution in [-0.2, 0) is 4.84 Å². The summed E-state index contributed by atoms with van der Waals surface area (Å²) >= 11 is 11.7. The molecule has 1 aromatic carbocycles. The minimum atomic E-state index is -0.792. The van der Waals surface area contributed by atoms with Crippen LogP contribution in [0.3, 0.4) is 0 Å². The van der Waals surface area contributed by atoms with E-state index in [4.69, 9.17) is 33.7 Å². The van der Waals surface area contributed by atoms with Gasteiger partial charge in [0.05, 0.1) is 17.2 Å². The number of ether oxygens (including phenoxy) is 1. The Morgan fingerprint density at radius 1 is 1.35 bits per heavy atom. The number of carbonyl (C=O) groups is 1. The van der Waals surface area contributed by atoms with Gasteiger partial charge < -0.3 is 15.3 Å². The van der Waals surface area contributed by atoms with Gasteiger partial charge in [0.2, 0.25) is 0 Å². The van der Waals surface area contributed by atoms with Crippen LogP contribution in [0.4, 0.5) is 0 Å². The molecule has 0 saturated carbocycles. The van der Waals surface area contributed by atoms with Gasteiger partial charge in [-0.3, -0.25) is 0 Å². The van der Waals surface area contributed by atoms with E-state index in [1.165, 1.54) is 26.2 Å². The first-order chi connectivity index (χ1) is 7.97. The molecular weight excluding hydrogens is 267 g/mol. The second-order valence-electron chi connectivity index (χ2n) is 3.05. The first kappa shape index (κ1) is 13.6. The van der Waals surface area contributed by atoms with Gasteiger partial charge in [0, 0.05) is 0 Å². The van der Waals surface area contributed by atoms with Crippen molar-refractivity contribution in [3.05, 3.63) is 27.7 Å². The van der Waals surface area contributed by atoms with Crippen LogP contribution in [0.15, 0.2) is 17.3 Å². The molecule has 0 fully saturated rings. The summed E-state index contributed by atoms with van der Waals surface area (Å²) in [4.78, 5) is 16.3. The fraction of sp³-hybridized carbons (Fsp3) is 0.200. The highest BCUT2D eigenvalue weighted by Gasteiger charge is 2.21. The molecule has 0 amide bonds. The van der Waals surface area contributed by atoms with Crippen LogP contribution in [0.1, 0.15) is 17.3 Å². The maximum atomic E-state index is 11.7. The minimum absolute atomic E-state index is 0.00617. The summed E-state index contributed by atoms with van der Waals surface area (Å²) in [5.74, 6) is -0.552. The predicted molar refractivity (Wildman–Crippen MR) is 65.7 cm³/mol. The zero-order valence-corrected chi connectivity index (χ0v) is 10.7. The third-order valence-corrected chi connectivity index (χ3v) is 2.35. The third kappa shape index (κ3) is 3.25. The standard InChI is InChI=1S/C10H10Cl2N2O3/c1-5(13)14-17-10(15)8-6(11)3-4-7(12)9(8)16-2/h3-4H,1-2H3,(H2,13,14). The topological polar surface area (TPSA) is 73.9 Å². The number of nitrogens with two attached hydrogens (primary N) is 1. The van der Waals surface area contributed by atoms with Crippen LogP contribution in [-0.4, -0.2) is 18.9 Å². The number of rotatable bonds is 3. The van der Waals surface area contributed by atoms with Gasteiger partial charge in [-0.2, -0.15) is 0 Å². The Balaban J connectivity index is 3.16. The summed E-state index contributed by atoms with van der Waals surface area (Å²) in [5.41, 5.74) is 5.25. The van der Waals surface area contributed by atoms with E-state index < -0.39 is 5.97 Å². The Bertz CT molecular complexity index is 471. The Labute approximate surface area is 108 Å². The molecule has 7 heteroatoms. The summed E-state index contributed by atoms with van der Waals surface area (Å²) in [7, 11) is 1.37. The molecule has 0 aliphatic heterocycles. The van der Waals surface area contributed by atoms with Crippen molar-refractivity contribution in [3.8, 4) is 5.75 Å². The fourth-order valence-corrected chi connectivity index (χ4v) is 1.54. The molecule has 0 saturated heterocycles. The molecule has 0 bridgehead atoms. The van der Waals surface area contributed by atoms with Crippen molar-refractivity contribution in [2.45, 2.75) is 6.92 Å². The zero-order chi connectivity index (χ0) is 13.0. The molecule has 92 valence electrons. The Morgan fingerprint density at radius 2 is 1.94 bits per heavy atom. The van der Waals surface area contributed by atoms with Crippen LogP contribution in [0.25, 0.3) is 0 Å². The van der Waals surface area contributed by atoms with Crippen molar-refractivity contribution in [1.82, 2.24) is 0 Å². The van der Waals surface area contributed by atoms with Crippen LogP contribution >= 0.6 is 23.2 Å². The number of hydrogen-bond donors (Lipinski definition) is 1. The maximum Gasteiger partial charge on any atom is 0.371 e. The molecule has 1 aromatic rings. The number of benzene rings is 1. The molecule has 0 heterocycles. The Hall–Kier alpha value is -1.46. The molecule has 0 aliphatic rings. The van der Waals surface area contributed by atoms with Crippen molar-refractivity contribution in [2.24, 2.45) is 10.9 Å². The second kappa shape index (κ2) is 5.75. The van der Waals surface area contributed by atoms with Crippen molar-refractivity contribution < 1.29 is 14.4 Å². The number of hydrogen-bond acceptors (Lipinski definition) is 4. The highest BCUT2D eigenvalue weighted by molar-refractivity contribution is 6.37. The average Bonchev–Trinajstić information content (AvgIpc) is 2.28. The average molecular weight is 277 g/mol. The second-order valence-corrected chi connectivity index (χ2v) is 3.86. The molecule has 0 spiro atoms. The molecule has 0 aliphatic carbocycles. The van der Waals surface area contributed by atoms with Crippen molar-refractivity contribution in [2.75, 3.05) is 7.11 Å². The minimum Gasteiger partial charge on any atom is -0.494 e. The smallest absolute Gasteiger partial charge is 0.371 e. The summed E-state index contributed by atoms with van der Waals surface area (Å²) in [6.07, 6.45) is 0. The molecule has 1 rings (SSSR count). The lowest BCUT2D eigenvalue weighted by Crippen LogP contribution is -2.10. The number of methoxy groups -OCH3 is 1. The van der Waals surface area contributed by atoms with Crippen molar-refractivity contribution in [1.29, 1.82) is 0 Å².